The van der Waals surface area contributed by atoms with Gasteiger partial charge in [-0.05, 0) is 68.5 Å². The molecule has 0 saturated carbocycles. The lowest BCUT2D eigenvalue weighted by Gasteiger charge is -2.50. The van der Waals surface area contributed by atoms with E-state index in [4.69, 9.17) is 0 Å². The van der Waals surface area contributed by atoms with Crippen LogP contribution < -0.4 is 4.90 Å². The van der Waals surface area contributed by atoms with E-state index in [2.05, 4.69) is 121 Å². The van der Waals surface area contributed by atoms with Crippen molar-refractivity contribution in [2.24, 2.45) is 0 Å². The predicted octanol–water partition coefficient (Wildman–Crippen LogP) is 6.14. The zero-order valence-electron chi connectivity index (χ0n) is 21.2. The molecule has 178 valence electrons. The largest absolute Gasteiger partial charge is 0.367 e. The first kappa shape index (κ1) is 23.1. The van der Waals surface area contributed by atoms with Crippen LogP contribution in [-0.2, 0) is 13.0 Å². The summed E-state index contributed by atoms with van der Waals surface area (Å²) in [6.07, 6.45) is 1.16. The molecular formula is C31H39N3. The Morgan fingerprint density at radius 3 is 1.88 bits per heavy atom. The van der Waals surface area contributed by atoms with Gasteiger partial charge in [0.2, 0.25) is 0 Å². The molecule has 0 unspecified atom stereocenters. The molecule has 5 rings (SSSR count). The zero-order chi connectivity index (χ0) is 23.7. The van der Waals surface area contributed by atoms with Crippen LogP contribution in [0.15, 0.2) is 78.9 Å². The fourth-order valence-electron chi connectivity index (χ4n) is 6.04. The first-order valence-corrected chi connectivity index (χ1v) is 13.0. The van der Waals surface area contributed by atoms with E-state index in [0.29, 0.717) is 24.2 Å². The van der Waals surface area contributed by atoms with Crippen LogP contribution in [-0.4, -0.2) is 47.6 Å². The van der Waals surface area contributed by atoms with Gasteiger partial charge >= 0.3 is 0 Å². The third-order valence-electron chi connectivity index (χ3n) is 7.65. The maximum Gasteiger partial charge on any atom is 0.0602 e. The van der Waals surface area contributed by atoms with Crippen LogP contribution in [0.4, 0.5) is 5.69 Å². The van der Waals surface area contributed by atoms with Crippen LogP contribution in [0.3, 0.4) is 0 Å². The van der Waals surface area contributed by atoms with Crippen molar-refractivity contribution in [3.8, 4) is 0 Å². The summed E-state index contributed by atoms with van der Waals surface area (Å²) in [4.78, 5) is 7.90. The Bertz CT molecular complexity index is 1020. The Labute approximate surface area is 206 Å². The number of fused-ring (bicyclic) bond motifs is 1. The second-order valence-corrected chi connectivity index (χ2v) is 10.6. The van der Waals surface area contributed by atoms with Crippen LogP contribution in [0, 0.1) is 0 Å². The van der Waals surface area contributed by atoms with Crippen molar-refractivity contribution in [1.82, 2.24) is 9.80 Å². The minimum absolute atomic E-state index is 0.344. The van der Waals surface area contributed by atoms with Gasteiger partial charge in [0.25, 0.3) is 0 Å². The van der Waals surface area contributed by atoms with Crippen LogP contribution >= 0.6 is 0 Å². The highest BCUT2D eigenvalue weighted by molar-refractivity contribution is 5.53. The summed E-state index contributed by atoms with van der Waals surface area (Å²) in [5, 5.41) is 0. The molecule has 0 aromatic heterocycles. The molecule has 3 aromatic rings. The number of benzene rings is 3. The van der Waals surface area contributed by atoms with E-state index in [1.54, 1.807) is 5.56 Å². The summed E-state index contributed by atoms with van der Waals surface area (Å²) >= 11 is 0. The average molecular weight is 454 g/mol. The Kier molecular flexibility index (Phi) is 6.76. The van der Waals surface area contributed by atoms with Gasteiger partial charge in [0.15, 0.2) is 0 Å². The molecule has 1 fully saturated rings. The number of rotatable bonds is 7. The van der Waals surface area contributed by atoms with E-state index in [-0.39, 0.29) is 0 Å². The smallest absolute Gasteiger partial charge is 0.0602 e. The molecule has 0 bridgehead atoms. The summed E-state index contributed by atoms with van der Waals surface area (Å²) in [5.74, 6) is 0. The summed E-state index contributed by atoms with van der Waals surface area (Å²) in [6.45, 7) is 13.7. The van der Waals surface area contributed by atoms with Gasteiger partial charge in [0.05, 0.1) is 6.04 Å². The van der Waals surface area contributed by atoms with Crippen LogP contribution in [0.25, 0.3) is 0 Å². The van der Waals surface area contributed by atoms with E-state index in [1.165, 1.54) is 28.9 Å². The first-order chi connectivity index (χ1) is 16.5. The number of nitrogens with zero attached hydrogens (tertiary/aromatic N) is 3. The van der Waals surface area contributed by atoms with E-state index in [9.17, 15) is 0 Å². The van der Waals surface area contributed by atoms with Crippen molar-refractivity contribution < 1.29 is 0 Å². The van der Waals surface area contributed by atoms with Gasteiger partial charge in [-0.1, -0.05) is 66.7 Å². The zero-order valence-corrected chi connectivity index (χ0v) is 21.2. The number of anilines is 1. The van der Waals surface area contributed by atoms with Crippen molar-refractivity contribution >= 4 is 5.69 Å². The summed E-state index contributed by atoms with van der Waals surface area (Å²) in [6, 6.07) is 31.2. The van der Waals surface area contributed by atoms with Gasteiger partial charge in [0.1, 0.15) is 0 Å². The topological polar surface area (TPSA) is 9.72 Å². The summed E-state index contributed by atoms with van der Waals surface area (Å²) < 4.78 is 0. The Morgan fingerprint density at radius 2 is 1.32 bits per heavy atom. The summed E-state index contributed by atoms with van der Waals surface area (Å²) in [5.41, 5.74) is 7.22. The Balaban J connectivity index is 1.27. The standard InChI is InChI=1S/C31H39N3/c1-23(2)34(24(3)4)29-16-15-28-20-32(18-17-27(28)19-29)30-21-33(22-30)31(25-11-7-5-8-12-25)26-13-9-6-10-14-26/h5-16,19,23-24,30-31H,17-18,20-22H2,1-4H3. The molecule has 2 aliphatic rings. The molecule has 0 amide bonds. The van der Waals surface area contributed by atoms with E-state index < -0.39 is 0 Å². The number of hydrogen-bond acceptors (Lipinski definition) is 3. The van der Waals surface area contributed by atoms with Crippen LogP contribution in [0.5, 0.6) is 0 Å². The fourth-order valence-corrected chi connectivity index (χ4v) is 6.04. The van der Waals surface area contributed by atoms with Crippen LogP contribution in [0.2, 0.25) is 0 Å². The highest BCUT2D eigenvalue weighted by Crippen LogP contribution is 2.35. The molecular weight excluding hydrogens is 414 g/mol. The minimum atomic E-state index is 0.344. The Hall–Kier alpha value is -2.62. The predicted molar refractivity (Wildman–Crippen MR) is 143 cm³/mol. The lowest BCUT2D eigenvalue weighted by molar-refractivity contribution is 0.00728. The molecule has 0 aliphatic carbocycles. The van der Waals surface area contributed by atoms with E-state index >= 15 is 0 Å². The van der Waals surface area contributed by atoms with Gasteiger partial charge < -0.3 is 4.90 Å². The van der Waals surface area contributed by atoms with Crippen molar-refractivity contribution in [1.29, 1.82) is 0 Å². The van der Waals surface area contributed by atoms with Crippen LogP contribution in [0.1, 0.15) is 56.0 Å². The lowest BCUT2D eigenvalue weighted by atomic mass is 9.91. The van der Waals surface area contributed by atoms with Crippen molar-refractivity contribution in [2.75, 3.05) is 24.5 Å². The molecule has 3 nitrogen and oxygen atoms in total. The molecule has 34 heavy (non-hydrogen) atoms. The monoisotopic (exact) mass is 453 g/mol. The lowest BCUT2D eigenvalue weighted by Crippen LogP contribution is -2.60. The maximum atomic E-state index is 2.72. The van der Waals surface area contributed by atoms with Gasteiger partial charge in [-0.15, -0.1) is 0 Å². The molecule has 2 heterocycles. The van der Waals surface area contributed by atoms with Crippen molar-refractivity contribution in [2.45, 2.75) is 64.8 Å². The molecule has 3 heteroatoms. The average Bonchev–Trinajstić information content (AvgIpc) is 2.81. The van der Waals surface area contributed by atoms with Gasteiger partial charge in [-0.25, -0.2) is 0 Å². The third-order valence-corrected chi connectivity index (χ3v) is 7.65. The molecule has 1 saturated heterocycles. The van der Waals surface area contributed by atoms with E-state index in [0.717, 1.165) is 26.1 Å². The normalized spacial score (nSPS) is 17.3. The first-order valence-electron chi connectivity index (χ1n) is 13.0. The quantitative estimate of drug-likeness (QED) is 0.425. The minimum Gasteiger partial charge on any atom is -0.367 e. The Morgan fingerprint density at radius 1 is 0.735 bits per heavy atom. The number of hydrogen-bond donors (Lipinski definition) is 0. The molecule has 3 aromatic carbocycles. The van der Waals surface area contributed by atoms with Gasteiger partial charge in [0, 0.05) is 50.0 Å². The van der Waals surface area contributed by atoms with Crippen molar-refractivity contribution in [3.05, 3.63) is 101 Å². The molecule has 0 spiro atoms. The highest BCUT2D eigenvalue weighted by atomic mass is 15.3. The molecule has 0 radical (unpaired) electrons. The van der Waals surface area contributed by atoms with Gasteiger partial charge in [-0.2, -0.15) is 0 Å². The fraction of sp³-hybridized carbons (Fsp3) is 0.419. The molecule has 2 aliphatic heterocycles. The van der Waals surface area contributed by atoms with Crippen molar-refractivity contribution in [3.63, 3.8) is 0 Å². The maximum absolute atomic E-state index is 2.72. The summed E-state index contributed by atoms with van der Waals surface area (Å²) in [7, 11) is 0. The number of likely N-dealkylation sites (tertiary alicyclic amines) is 1. The third kappa shape index (κ3) is 4.64. The SMILES string of the molecule is CC(C)N(c1ccc2c(c1)CCN(C1CN(C(c3ccccc3)c3ccccc3)C1)C2)C(C)C. The highest BCUT2D eigenvalue weighted by Gasteiger charge is 2.38. The van der Waals surface area contributed by atoms with Gasteiger partial charge in [-0.3, -0.25) is 9.80 Å². The molecule has 0 N–H and O–H groups in total. The van der Waals surface area contributed by atoms with E-state index in [1.807, 2.05) is 0 Å². The second kappa shape index (κ2) is 9.93. The molecule has 0 atom stereocenters. The second-order valence-electron chi connectivity index (χ2n) is 10.6.